The minimum atomic E-state index is -0.178. The summed E-state index contributed by atoms with van der Waals surface area (Å²) in [6, 6.07) is 5.94. The summed E-state index contributed by atoms with van der Waals surface area (Å²) in [5, 5.41) is 5.45. The molecule has 1 heterocycles. The fourth-order valence-corrected chi connectivity index (χ4v) is 3.25. The molecule has 7 heteroatoms. The molecule has 26 heavy (non-hydrogen) atoms. The number of methoxy groups -OCH3 is 2. The smallest absolute Gasteiger partial charge is 0.239 e. The van der Waals surface area contributed by atoms with Gasteiger partial charge in [-0.3, -0.25) is 14.5 Å². The topological polar surface area (TPSA) is 79.9 Å². The van der Waals surface area contributed by atoms with Gasteiger partial charge in [-0.1, -0.05) is 6.07 Å². The van der Waals surface area contributed by atoms with Crippen LogP contribution in [0.5, 0.6) is 11.5 Å². The number of nitrogens with one attached hydrogen (secondary N) is 2. The van der Waals surface area contributed by atoms with Gasteiger partial charge in [0.25, 0.3) is 0 Å². The average Bonchev–Trinajstić information content (AvgIpc) is 3.06. The van der Waals surface area contributed by atoms with Crippen LogP contribution in [-0.4, -0.2) is 56.6 Å². The largest absolute Gasteiger partial charge is 0.497 e. The lowest BCUT2D eigenvalue weighted by molar-refractivity contribution is -0.127. The molecule has 0 radical (unpaired) electrons. The second kappa shape index (κ2) is 9.43. The van der Waals surface area contributed by atoms with E-state index in [1.54, 1.807) is 14.2 Å². The SMILES string of the molecule is COc1ccc([C@H]2CCCN2CC(=O)NCC(=O)NC(C)C)c(OC)c1. The molecule has 0 spiro atoms. The molecule has 1 aliphatic rings. The van der Waals surface area contributed by atoms with Crippen LogP contribution in [0.25, 0.3) is 0 Å². The molecule has 2 amide bonds. The second-order valence-electron chi connectivity index (χ2n) is 6.74. The van der Waals surface area contributed by atoms with E-state index in [4.69, 9.17) is 9.47 Å². The van der Waals surface area contributed by atoms with E-state index in [2.05, 4.69) is 15.5 Å². The van der Waals surface area contributed by atoms with Crippen molar-refractivity contribution in [3.8, 4) is 11.5 Å². The molecule has 144 valence electrons. The van der Waals surface area contributed by atoms with Gasteiger partial charge in [0.15, 0.2) is 0 Å². The van der Waals surface area contributed by atoms with Gasteiger partial charge in [-0.2, -0.15) is 0 Å². The number of likely N-dealkylation sites (tertiary alicyclic amines) is 1. The quantitative estimate of drug-likeness (QED) is 0.731. The summed E-state index contributed by atoms with van der Waals surface area (Å²) in [7, 11) is 3.26. The number of benzene rings is 1. The molecule has 0 aliphatic carbocycles. The summed E-state index contributed by atoms with van der Waals surface area (Å²) >= 11 is 0. The Kier molecular flexibility index (Phi) is 7.26. The minimum absolute atomic E-state index is 0.00137. The van der Waals surface area contributed by atoms with E-state index in [9.17, 15) is 9.59 Å². The first-order valence-electron chi connectivity index (χ1n) is 8.96. The van der Waals surface area contributed by atoms with Crippen molar-refractivity contribution < 1.29 is 19.1 Å². The van der Waals surface area contributed by atoms with Crippen molar-refractivity contribution in [2.75, 3.05) is 33.9 Å². The van der Waals surface area contributed by atoms with Gasteiger partial charge in [0.05, 0.1) is 27.3 Å². The number of amides is 2. The van der Waals surface area contributed by atoms with Gasteiger partial charge in [0.1, 0.15) is 11.5 Å². The lowest BCUT2D eigenvalue weighted by Gasteiger charge is -2.25. The number of ether oxygens (including phenoxy) is 2. The maximum atomic E-state index is 12.2. The molecule has 1 aromatic rings. The third kappa shape index (κ3) is 5.36. The van der Waals surface area contributed by atoms with Gasteiger partial charge < -0.3 is 20.1 Å². The van der Waals surface area contributed by atoms with Crippen molar-refractivity contribution in [1.82, 2.24) is 15.5 Å². The monoisotopic (exact) mass is 363 g/mol. The van der Waals surface area contributed by atoms with Gasteiger partial charge in [-0.15, -0.1) is 0 Å². The third-order valence-electron chi connectivity index (χ3n) is 4.41. The number of rotatable bonds is 8. The second-order valence-corrected chi connectivity index (χ2v) is 6.74. The van der Waals surface area contributed by atoms with Crippen molar-refractivity contribution in [1.29, 1.82) is 0 Å². The van der Waals surface area contributed by atoms with E-state index >= 15 is 0 Å². The number of carbonyl (C=O) groups is 2. The highest BCUT2D eigenvalue weighted by Crippen LogP contribution is 2.38. The zero-order chi connectivity index (χ0) is 19.1. The predicted octanol–water partition coefficient (Wildman–Crippen LogP) is 1.48. The van der Waals surface area contributed by atoms with Crippen molar-refractivity contribution in [2.45, 2.75) is 38.8 Å². The maximum absolute atomic E-state index is 12.2. The first kappa shape index (κ1) is 20.0. The third-order valence-corrected chi connectivity index (χ3v) is 4.41. The van der Waals surface area contributed by atoms with Gasteiger partial charge in [-0.05, 0) is 39.3 Å². The van der Waals surface area contributed by atoms with E-state index in [-0.39, 0.29) is 37.0 Å². The predicted molar refractivity (Wildman–Crippen MR) is 99.4 cm³/mol. The van der Waals surface area contributed by atoms with Crippen LogP contribution < -0.4 is 20.1 Å². The van der Waals surface area contributed by atoms with Gasteiger partial charge in [0, 0.05) is 23.7 Å². The molecular weight excluding hydrogens is 334 g/mol. The molecule has 2 N–H and O–H groups in total. The summed E-state index contributed by atoms with van der Waals surface area (Å²) in [6.45, 7) is 4.87. The molecule has 1 aromatic carbocycles. The standard InChI is InChI=1S/C19H29N3O4/c1-13(2)21-18(23)11-20-19(24)12-22-9-5-6-16(22)15-8-7-14(25-3)10-17(15)26-4/h7-8,10,13,16H,5-6,9,11-12H2,1-4H3,(H,20,24)(H,21,23)/t16-/m1/s1. The highest BCUT2D eigenvalue weighted by atomic mass is 16.5. The fraction of sp³-hybridized carbons (Fsp3) is 0.579. The molecule has 0 bridgehead atoms. The summed E-state index contributed by atoms with van der Waals surface area (Å²) in [5.74, 6) is 1.17. The Hall–Kier alpha value is -2.28. The van der Waals surface area contributed by atoms with Crippen molar-refractivity contribution in [2.24, 2.45) is 0 Å². The summed E-state index contributed by atoms with van der Waals surface area (Å²) in [6.07, 6.45) is 1.98. The molecule has 0 aromatic heterocycles. The molecule has 1 atom stereocenters. The minimum Gasteiger partial charge on any atom is -0.497 e. The first-order chi connectivity index (χ1) is 12.4. The molecule has 7 nitrogen and oxygen atoms in total. The highest BCUT2D eigenvalue weighted by molar-refractivity contribution is 5.85. The summed E-state index contributed by atoms with van der Waals surface area (Å²) in [4.78, 5) is 26.0. The van der Waals surface area contributed by atoms with E-state index < -0.39 is 0 Å². The van der Waals surface area contributed by atoms with Crippen LogP contribution in [0.1, 0.15) is 38.3 Å². The molecule has 1 saturated heterocycles. The van der Waals surface area contributed by atoms with Crippen molar-refractivity contribution >= 4 is 11.8 Å². The number of hydrogen-bond acceptors (Lipinski definition) is 5. The van der Waals surface area contributed by atoms with Crippen LogP contribution in [0.15, 0.2) is 18.2 Å². The zero-order valence-electron chi connectivity index (χ0n) is 16.0. The summed E-state index contributed by atoms with van der Waals surface area (Å²) < 4.78 is 10.8. The Morgan fingerprint density at radius 2 is 2.00 bits per heavy atom. The Morgan fingerprint density at radius 1 is 1.23 bits per heavy atom. The number of nitrogens with zero attached hydrogens (tertiary/aromatic N) is 1. The molecule has 0 saturated carbocycles. The number of hydrogen-bond donors (Lipinski definition) is 2. The van der Waals surface area contributed by atoms with Gasteiger partial charge in [-0.25, -0.2) is 0 Å². The highest BCUT2D eigenvalue weighted by Gasteiger charge is 2.29. The van der Waals surface area contributed by atoms with Gasteiger partial charge in [0.2, 0.25) is 11.8 Å². The first-order valence-corrected chi connectivity index (χ1v) is 8.96. The molecule has 1 fully saturated rings. The van der Waals surface area contributed by atoms with E-state index in [1.807, 2.05) is 32.0 Å². The summed E-state index contributed by atoms with van der Waals surface area (Å²) in [5.41, 5.74) is 1.05. The normalized spacial score (nSPS) is 17.2. The maximum Gasteiger partial charge on any atom is 0.239 e. The fourth-order valence-electron chi connectivity index (χ4n) is 3.25. The van der Waals surface area contributed by atoms with Crippen LogP contribution in [0, 0.1) is 0 Å². The molecular formula is C19H29N3O4. The van der Waals surface area contributed by atoms with E-state index in [1.165, 1.54) is 0 Å². The van der Waals surface area contributed by atoms with Gasteiger partial charge >= 0.3 is 0 Å². The number of carbonyl (C=O) groups excluding carboxylic acids is 2. The Bertz CT molecular complexity index is 633. The van der Waals surface area contributed by atoms with Crippen LogP contribution in [0.2, 0.25) is 0 Å². The molecule has 0 unspecified atom stereocenters. The Balaban J connectivity index is 1.97. The Labute approximate surface area is 155 Å². The lowest BCUT2D eigenvalue weighted by Crippen LogP contribution is -2.43. The van der Waals surface area contributed by atoms with Crippen LogP contribution in [-0.2, 0) is 9.59 Å². The lowest BCUT2D eigenvalue weighted by atomic mass is 10.0. The van der Waals surface area contributed by atoms with Crippen LogP contribution in [0.3, 0.4) is 0 Å². The van der Waals surface area contributed by atoms with E-state index in [0.717, 1.165) is 36.4 Å². The van der Waals surface area contributed by atoms with Crippen molar-refractivity contribution in [3.63, 3.8) is 0 Å². The molecule has 2 rings (SSSR count). The average molecular weight is 363 g/mol. The Morgan fingerprint density at radius 3 is 2.65 bits per heavy atom. The van der Waals surface area contributed by atoms with Crippen molar-refractivity contribution in [3.05, 3.63) is 23.8 Å². The van der Waals surface area contributed by atoms with Crippen LogP contribution in [0.4, 0.5) is 0 Å². The van der Waals surface area contributed by atoms with E-state index in [0.29, 0.717) is 0 Å². The van der Waals surface area contributed by atoms with Crippen LogP contribution >= 0.6 is 0 Å². The molecule has 1 aliphatic heterocycles. The zero-order valence-corrected chi connectivity index (χ0v) is 16.0.